The van der Waals surface area contributed by atoms with Crippen LogP contribution in [0, 0.1) is 0 Å². The molecule has 0 radical (unpaired) electrons. The number of amides is 2. The van der Waals surface area contributed by atoms with Gasteiger partial charge in [0.2, 0.25) is 0 Å². The largest absolute Gasteiger partial charge is 0.301 e. The second-order valence-corrected chi connectivity index (χ2v) is 13.2. The maximum atomic E-state index is 13.0. The second kappa shape index (κ2) is 7.49. The Morgan fingerprint density at radius 1 is 0.650 bits per heavy atom. The summed E-state index contributed by atoms with van der Waals surface area (Å²) < 4.78 is 0. The van der Waals surface area contributed by atoms with Gasteiger partial charge < -0.3 is 4.90 Å². The van der Waals surface area contributed by atoms with E-state index in [0.29, 0.717) is 11.1 Å². The van der Waals surface area contributed by atoms with Crippen LogP contribution in [0.4, 0.5) is 16.4 Å². The third kappa shape index (κ3) is 2.71. The fourth-order valence-electron chi connectivity index (χ4n) is 7.17. The Labute approximate surface area is 237 Å². The number of carbonyl (C=O) groups excluding carboxylic acids is 2. The smallest absolute Gasteiger partial charge is 0.261 e. The average molecular weight is 541 g/mol. The van der Waals surface area contributed by atoms with Crippen molar-refractivity contribution in [3.05, 3.63) is 112 Å². The summed E-state index contributed by atoms with van der Waals surface area (Å²) in [4.78, 5) is 30.9. The van der Waals surface area contributed by atoms with Gasteiger partial charge in [0.25, 0.3) is 11.8 Å². The number of para-hydroxylation sites is 2. The Kier molecular flexibility index (Phi) is 4.43. The van der Waals surface area contributed by atoms with Crippen molar-refractivity contribution in [2.75, 3.05) is 11.9 Å². The number of fused-ring (bicyclic) bond motifs is 4. The zero-order chi connectivity index (χ0) is 27.7. The Balaban J connectivity index is 1.42. The van der Waals surface area contributed by atoms with Gasteiger partial charge in [-0.25, -0.2) is 0 Å². The van der Waals surface area contributed by atoms with Crippen LogP contribution in [-0.4, -0.2) is 23.8 Å². The number of rotatable bonds is 1. The average Bonchev–Trinajstić information content (AvgIpc) is 3.40. The number of imide groups is 1. The first kappa shape index (κ1) is 23.6. The number of carbonyl (C=O) groups is 2. The molecule has 0 saturated carbocycles. The first-order valence-corrected chi connectivity index (χ1v) is 14.5. The monoisotopic (exact) mass is 540 g/mol. The molecule has 4 nitrogen and oxygen atoms in total. The molecule has 4 heterocycles. The van der Waals surface area contributed by atoms with Crippen molar-refractivity contribution in [2.45, 2.75) is 38.5 Å². The Morgan fingerprint density at radius 3 is 2.00 bits per heavy atom. The van der Waals surface area contributed by atoms with Crippen LogP contribution in [0.5, 0.6) is 0 Å². The summed E-state index contributed by atoms with van der Waals surface area (Å²) in [5, 5.41) is 2.93. The molecule has 0 saturated heterocycles. The van der Waals surface area contributed by atoms with E-state index in [4.69, 9.17) is 0 Å². The molecule has 5 aromatic rings. The maximum absolute atomic E-state index is 13.0. The van der Waals surface area contributed by atoms with Gasteiger partial charge in [-0.2, -0.15) is 0 Å². The molecule has 0 spiro atoms. The number of thiophene rings is 1. The van der Waals surface area contributed by atoms with Gasteiger partial charge in [0, 0.05) is 39.3 Å². The second-order valence-electron chi connectivity index (χ2n) is 12.2. The quantitative estimate of drug-likeness (QED) is 0.200. The third-order valence-electron chi connectivity index (χ3n) is 9.39. The molecule has 40 heavy (non-hydrogen) atoms. The lowest BCUT2D eigenvalue weighted by molar-refractivity contribution is 0.0650. The molecule has 0 N–H and O–H groups in total. The van der Waals surface area contributed by atoms with E-state index in [9.17, 15) is 9.59 Å². The van der Waals surface area contributed by atoms with Crippen LogP contribution in [0.15, 0.2) is 78.9 Å². The van der Waals surface area contributed by atoms with Crippen molar-refractivity contribution >= 4 is 50.3 Å². The van der Waals surface area contributed by atoms with Crippen LogP contribution in [0.2, 0.25) is 0 Å². The van der Waals surface area contributed by atoms with Gasteiger partial charge in [-0.05, 0) is 57.5 Å². The SMILES string of the molecule is CN1C(=O)c2cccc3c(-c4cc5c(s4)N4c6ccccc6C(C)(C)c6cccc(c64)C5(C)C)ccc(c23)C1=O. The minimum absolute atomic E-state index is 0.117. The van der Waals surface area contributed by atoms with Gasteiger partial charge in [0.15, 0.2) is 0 Å². The maximum Gasteiger partial charge on any atom is 0.261 e. The van der Waals surface area contributed by atoms with Gasteiger partial charge in [0.05, 0.1) is 11.4 Å². The van der Waals surface area contributed by atoms with E-state index in [1.54, 1.807) is 18.4 Å². The highest BCUT2D eigenvalue weighted by atomic mass is 32.1. The summed E-state index contributed by atoms with van der Waals surface area (Å²) in [5.41, 5.74) is 9.73. The van der Waals surface area contributed by atoms with Crippen LogP contribution in [-0.2, 0) is 10.8 Å². The lowest BCUT2D eigenvalue weighted by Crippen LogP contribution is -2.37. The molecule has 0 atom stereocenters. The van der Waals surface area contributed by atoms with Gasteiger partial charge in [-0.1, -0.05) is 82.3 Å². The first-order chi connectivity index (χ1) is 19.1. The summed E-state index contributed by atoms with van der Waals surface area (Å²) in [6, 6.07) is 27.6. The molecule has 0 aliphatic carbocycles. The summed E-state index contributed by atoms with van der Waals surface area (Å²) in [7, 11) is 1.55. The predicted octanol–water partition coefficient (Wildman–Crippen LogP) is 8.54. The molecule has 0 fully saturated rings. The first-order valence-electron chi connectivity index (χ1n) is 13.7. The molecule has 0 unspecified atom stereocenters. The molecular weight excluding hydrogens is 512 g/mol. The summed E-state index contributed by atoms with van der Waals surface area (Å²) >= 11 is 1.79. The molecular formula is C35H28N2O2S. The van der Waals surface area contributed by atoms with Crippen LogP contribution < -0.4 is 4.90 Å². The summed E-state index contributed by atoms with van der Waals surface area (Å²) in [6.07, 6.45) is 0. The molecule has 3 aliphatic heterocycles. The molecule has 2 amide bonds. The zero-order valence-electron chi connectivity index (χ0n) is 23.1. The molecule has 4 aromatic carbocycles. The van der Waals surface area contributed by atoms with E-state index in [1.807, 2.05) is 24.3 Å². The lowest BCUT2D eigenvalue weighted by atomic mass is 9.67. The normalized spacial score (nSPS) is 17.5. The number of nitrogens with zero attached hydrogens (tertiary/aromatic N) is 2. The lowest BCUT2D eigenvalue weighted by Gasteiger charge is -2.48. The molecule has 196 valence electrons. The summed E-state index contributed by atoms with van der Waals surface area (Å²) in [6.45, 7) is 9.31. The standard InChI is InChI=1S/C35H28N2O2S/c1-34(2)23-12-6-7-15-27(23)37-30-24(34)13-9-14-25(30)35(3,4)26-18-28(40-33(26)37)19-16-17-22-29-20(19)10-8-11-21(29)31(38)36(5)32(22)39/h6-18H,1-5H3. The summed E-state index contributed by atoms with van der Waals surface area (Å²) in [5.74, 6) is -0.496. The number of benzene rings is 4. The predicted molar refractivity (Wildman–Crippen MR) is 163 cm³/mol. The Morgan fingerprint density at radius 2 is 1.25 bits per heavy atom. The molecule has 0 bridgehead atoms. The highest BCUT2D eigenvalue weighted by molar-refractivity contribution is 7.20. The third-order valence-corrected chi connectivity index (χ3v) is 10.5. The van der Waals surface area contributed by atoms with E-state index in [1.165, 1.54) is 43.5 Å². The molecule has 5 heteroatoms. The van der Waals surface area contributed by atoms with Gasteiger partial charge in [0.1, 0.15) is 5.00 Å². The van der Waals surface area contributed by atoms with Crippen molar-refractivity contribution in [1.29, 1.82) is 0 Å². The van der Waals surface area contributed by atoms with Gasteiger partial charge in [-0.3, -0.25) is 14.5 Å². The van der Waals surface area contributed by atoms with Crippen molar-refractivity contribution in [1.82, 2.24) is 4.90 Å². The highest BCUT2D eigenvalue weighted by Crippen LogP contribution is 2.62. The minimum Gasteiger partial charge on any atom is -0.301 e. The van der Waals surface area contributed by atoms with Crippen molar-refractivity contribution in [3.63, 3.8) is 0 Å². The van der Waals surface area contributed by atoms with Gasteiger partial charge >= 0.3 is 0 Å². The Hall–Kier alpha value is -4.22. The topological polar surface area (TPSA) is 40.6 Å². The van der Waals surface area contributed by atoms with E-state index >= 15 is 0 Å². The Bertz CT molecular complexity index is 1960. The van der Waals surface area contributed by atoms with Crippen molar-refractivity contribution < 1.29 is 9.59 Å². The minimum atomic E-state index is -0.248. The van der Waals surface area contributed by atoms with E-state index in [-0.39, 0.29) is 22.6 Å². The van der Waals surface area contributed by atoms with Crippen molar-refractivity contribution in [3.8, 4) is 10.4 Å². The molecule has 1 aromatic heterocycles. The van der Waals surface area contributed by atoms with Crippen molar-refractivity contribution in [2.24, 2.45) is 0 Å². The van der Waals surface area contributed by atoms with E-state index < -0.39 is 0 Å². The van der Waals surface area contributed by atoms with Crippen LogP contribution >= 0.6 is 11.3 Å². The fourth-order valence-corrected chi connectivity index (χ4v) is 8.55. The van der Waals surface area contributed by atoms with E-state index in [2.05, 4.69) is 87.2 Å². The number of anilines is 3. The van der Waals surface area contributed by atoms with Gasteiger partial charge in [-0.15, -0.1) is 11.3 Å². The fraction of sp³-hybridized carbons (Fsp3) is 0.200. The van der Waals surface area contributed by atoms with Crippen LogP contribution in [0.25, 0.3) is 21.2 Å². The van der Waals surface area contributed by atoms with Crippen LogP contribution in [0.1, 0.15) is 70.7 Å². The van der Waals surface area contributed by atoms with E-state index in [0.717, 1.165) is 21.2 Å². The number of hydrogen-bond donors (Lipinski definition) is 0. The zero-order valence-corrected chi connectivity index (χ0v) is 23.9. The van der Waals surface area contributed by atoms with Crippen LogP contribution in [0.3, 0.4) is 0 Å². The highest BCUT2D eigenvalue weighted by Gasteiger charge is 2.46. The number of hydrogen-bond acceptors (Lipinski definition) is 4. The molecule has 3 aliphatic rings. The molecule has 8 rings (SSSR count).